The van der Waals surface area contributed by atoms with Crippen molar-refractivity contribution in [3.8, 4) is 0 Å². The van der Waals surface area contributed by atoms with E-state index in [0.29, 0.717) is 19.1 Å². The van der Waals surface area contributed by atoms with Crippen LogP contribution in [0.15, 0.2) is 0 Å². The Bertz CT molecular complexity index is 401. The summed E-state index contributed by atoms with van der Waals surface area (Å²) in [5, 5.41) is 2.78. The van der Waals surface area contributed by atoms with E-state index in [9.17, 15) is 9.59 Å². The molecule has 1 saturated carbocycles. The predicted octanol–water partition coefficient (Wildman–Crippen LogP) is 3.16. The molecule has 1 rings (SSSR count). The molecule has 128 valence electrons. The maximum atomic E-state index is 12.0. The molecule has 0 spiro atoms. The zero-order valence-electron chi connectivity index (χ0n) is 14.4. The van der Waals surface area contributed by atoms with Gasteiger partial charge in [-0.3, -0.25) is 4.79 Å². The summed E-state index contributed by atoms with van der Waals surface area (Å²) in [5.41, 5.74) is -0.755. The van der Waals surface area contributed by atoms with Crippen molar-refractivity contribution in [2.45, 2.75) is 65.5 Å². The summed E-state index contributed by atoms with van der Waals surface area (Å²) in [7, 11) is 0. The smallest absolute Gasteiger partial charge is 0.407 e. The van der Waals surface area contributed by atoms with Crippen molar-refractivity contribution in [1.82, 2.24) is 10.2 Å². The number of hydrogen-bond acceptors (Lipinski definition) is 3. The largest absolute Gasteiger partial charge is 0.444 e. The van der Waals surface area contributed by atoms with Crippen molar-refractivity contribution in [1.29, 1.82) is 0 Å². The Kier molecular flexibility index (Phi) is 6.53. The number of halogens is 1. The van der Waals surface area contributed by atoms with Crippen molar-refractivity contribution < 1.29 is 14.3 Å². The first kappa shape index (κ1) is 19.1. The van der Waals surface area contributed by atoms with Gasteiger partial charge in [-0.15, -0.1) is 11.6 Å². The molecule has 0 unspecified atom stereocenters. The predicted molar refractivity (Wildman–Crippen MR) is 88.1 cm³/mol. The number of amides is 2. The minimum atomic E-state index is -0.513. The first-order valence-electron chi connectivity index (χ1n) is 7.86. The van der Waals surface area contributed by atoms with Gasteiger partial charge in [-0.25, -0.2) is 4.79 Å². The number of nitrogens with zero attached hydrogens (tertiary/aromatic N) is 1. The lowest BCUT2D eigenvalue weighted by atomic mass is 9.87. The minimum Gasteiger partial charge on any atom is -0.444 e. The summed E-state index contributed by atoms with van der Waals surface area (Å²) in [6, 6.07) is 0.298. The number of carbonyl (C=O) groups is 2. The molecule has 0 heterocycles. The van der Waals surface area contributed by atoms with Gasteiger partial charge in [0.25, 0.3) is 0 Å². The highest BCUT2D eigenvalue weighted by atomic mass is 35.5. The summed E-state index contributed by atoms with van der Waals surface area (Å²) in [5.74, 6) is -0.0248. The van der Waals surface area contributed by atoms with Crippen molar-refractivity contribution >= 4 is 23.6 Å². The van der Waals surface area contributed by atoms with Gasteiger partial charge in [-0.05, 0) is 45.4 Å². The summed E-state index contributed by atoms with van der Waals surface area (Å²) in [6.07, 6.45) is 2.81. The Morgan fingerprint density at radius 1 is 1.23 bits per heavy atom. The number of carbonyl (C=O) groups excluding carboxylic acids is 2. The molecule has 2 amide bonds. The van der Waals surface area contributed by atoms with Gasteiger partial charge < -0.3 is 15.0 Å². The fraction of sp³-hybridized carbons (Fsp3) is 0.875. The molecule has 0 aromatic heterocycles. The highest BCUT2D eigenvalue weighted by molar-refractivity contribution is 6.27. The third kappa shape index (κ3) is 6.42. The molecule has 0 aromatic rings. The fourth-order valence-corrected chi connectivity index (χ4v) is 2.49. The van der Waals surface area contributed by atoms with E-state index in [1.165, 1.54) is 0 Å². The van der Waals surface area contributed by atoms with Crippen LogP contribution in [0.3, 0.4) is 0 Å². The molecule has 1 N–H and O–H groups in total. The second-order valence-electron chi connectivity index (χ2n) is 7.76. The number of nitrogens with one attached hydrogen (secondary N) is 1. The Labute approximate surface area is 138 Å². The van der Waals surface area contributed by atoms with Crippen LogP contribution in [0, 0.1) is 5.41 Å². The van der Waals surface area contributed by atoms with Gasteiger partial charge >= 0.3 is 6.09 Å². The number of alkyl halides is 1. The van der Waals surface area contributed by atoms with Crippen molar-refractivity contribution in [3.63, 3.8) is 0 Å². The molecule has 22 heavy (non-hydrogen) atoms. The van der Waals surface area contributed by atoms with Crippen LogP contribution in [-0.2, 0) is 9.53 Å². The highest BCUT2D eigenvalue weighted by Gasteiger charge is 2.33. The van der Waals surface area contributed by atoms with Crippen LogP contribution in [0.4, 0.5) is 4.79 Å². The third-order valence-electron chi connectivity index (χ3n) is 3.66. The van der Waals surface area contributed by atoms with Crippen LogP contribution in [-0.4, -0.2) is 47.5 Å². The zero-order chi connectivity index (χ0) is 17.0. The molecule has 5 nitrogen and oxygen atoms in total. The van der Waals surface area contributed by atoms with E-state index >= 15 is 0 Å². The molecule has 1 fully saturated rings. The molecular formula is C16H29ClN2O3. The van der Waals surface area contributed by atoms with E-state index in [4.69, 9.17) is 16.3 Å². The fourth-order valence-electron chi connectivity index (χ4n) is 2.34. The van der Waals surface area contributed by atoms with E-state index in [2.05, 4.69) is 5.32 Å². The molecule has 1 aliphatic carbocycles. The average Bonchev–Trinajstić information content (AvgIpc) is 2.30. The van der Waals surface area contributed by atoms with Crippen LogP contribution in [0.5, 0.6) is 0 Å². The minimum absolute atomic E-state index is 0.00603. The van der Waals surface area contributed by atoms with Gasteiger partial charge in [0.05, 0.1) is 0 Å². The van der Waals surface area contributed by atoms with Crippen LogP contribution >= 0.6 is 11.6 Å². The summed E-state index contributed by atoms with van der Waals surface area (Å²) < 4.78 is 5.23. The number of ether oxygens (including phenoxy) is 1. The summed E-state index contributed by atoms with van der Waals surface area (Å²) in [6.45, 7) is 10.6. The molecule has 0 bridgehead atoms. The first-order valence-corrected chi connectivity index (χ1v) is 8.40. The maximum Gasteiger partial charge on any atom is 0.407 e. The van der Waals surface area contributed by atoms with Gasteiger partial charge in [0.2, 0.25) is 5.91 Å². The van der Waals surface area contributed by atoms with Crippen molar-refractivity contribution in [2.24, 2.45) is 5.41 Å². The molecule has 0 saturated heterocycles. The lowest BCUT2D eigenvalue weighted by molar-refractivity contribution is -0.134. The average molecular weight is 333 g/mol. The molecule has 6 heteroatoms. The van der Waals surface area contributed by atoms with Crippen molar-refractivity contribution in [3.05, 3.63) is 0 Å². The Balaban J connectivity index is 2.53. The highest BCUT2D eigenvalue weighted by Crippen LogP contribution is 2.28. The molecule has 0 atom stereocenters. The van der Waals surface area contributed by atoms with Gasteiger partial charge in [0, 0.05) is 19.1 Å². The van der Waals surface area contributed by atoms with Gasteiger partial charge in [-0.2, -0.15) is 0 Å². The van der Waals surface area contributed by atoms with Gasteiger partial charge in [0.15, 0.2) is 0 Å². The standard InChI is InChI=1S/C16H29ClN2O3/c1-15(2,3)22-14(21)18-10-16(4,5)11-19(13(20)9-17)12-7-6-8-12/h12H,6-11H2,1-5H3,(H,18,21). The van der Waals surface area contributed by atoms with Crippen molar-refractivity contribution in [2.75, 3.05) is 19.0 Å². The second-order valence-corrected chi connectivity index (χ2v) is 8.03. The lowest BCUT2D eigenvalue weighted by Crippen LogP contribution is -2.51. The van der Waals surface area contributed by atoms with E-state index in [1.54, 1.807) is 0 Å². The first-order chi connectivity index (χ1) is 10.0. The number of alkyl carbamates (subject to hydrolysis) is 1. The third-order valence-corrected chi connectivity index (χ3v) is 3.89. The maximum absolute atomic E-state index is 12.0. The topological polar surface area (TPSA) is 58.6 Å². The Morgan fingerprint density at radius 2 is 1.82 bits per heavy atom. The van der Waals surface area contributed by atoms with Crippen LogP contribution < -0.4 is 5.32 Å². The lowest BCUT2D eigenvalue weighted by Gasteiger charge is -2.41. The molecule has 0 radical (unpaired) electrons. The Hall–Kier alpha value is -0.970. The van der Waals surface area contributed by atoms with Gasteiger partial charge in [-0.1, -0.05) is 13.8 Å². The normalized spacial score (nSPS) is 15.9. The van der Waals surface area contributed by atoms with E-state index in [1.807, 2.05) is 39.5 Å². The summed E-state index contributed by atoms with van der Waals surface area (Å²) in [4.78, 5) is 25.6. The SMILES string of the molecule is CC(C)(CNC(=O)OC(C)(C)C)CN(C(=O)CCl)C1CCC1. The van der Waals surface area contributed by atoms with Crippen LogP contribution in [0.2, 0.25) is 0 Å². The van der Waals surface area contributed by atoms with E-state index in [-0.39, 0.29) is 17.2 Å². The van der Waals surface area contributed by atoms with Crippen LogP contribution in [0.25, 0.3) is 0 Å². The quantitative estimate of drug-likeness (QED) is 0.760. The molecule has 1 aliphatic rings. The zero-order valence-corrected chi connectivity index (χ0v) is 15.1. The summed E-state index contributed by atoms with van der Waals surface area (Å²) >= 11 is 5.72. The monoisotopic (exact) mass is 332 g/mol. The molecule has 0 aromatic carbocycles. The molecular weight excluding hydrogens is 304 g/mol. The van der Waals surface area contributed by atoms with E-state index in [0.717, 1.165) is 19.3 Å². The van der Waals surface area contributed by atoms with E-state index < -0.39 is 11.7 Å². The van der Waals surface area contributed by atoms with Crippen LogP contribution in [0.1, 0.15) is 53.9 Å². The Morgan fingerprint density at radius 3 is 2.23 bits per heavy atom. The second kappa shape index (κ2) is 7.53. The molecule has 0 aliphatic heterocycles. The van der Waals surface area contributed by atoms with Gasteiger partial charge in [0.1, 0.15) is 11.5 Å². The number of rotatable bonds is 6. The number of hydrogen-bond donors (Lipinski definition) is 1.